The zero-order valence-corrected chi connectivity index (χ0v) is 19.2. The summed E-state index contributed by atoms with van der Waals surface area (Å²) in [5.41, 5.74) is 6.15. The molecule has 1 amide bonds. The lowest BCUT2D eigenvalue weighted by atomic mass is 10.0. The Balaban J connectivity index is 1.45. The summed E-state index contributed by atoms with van der Waals surface area (Å²) >= 11 is 0. The number of pyridine rings is 4. The minimum absolute atomic E-state index is 0.235. The Kier molecular flexibility index (Phi) is 5.99. The molecule has 170 valence electrons. The number of aryl methyl sites for hydroxylation is 1. The van der Waals surface area contributed by atoms with E-state index in [4.69, 9.17) is 9.72 Å². The first-order valence-corrected chi connectivity index (χ1v) is 11.3. The summed E-state index contributed by atoms with van der Waals surface area (Å²) in [6, 6.07) is 13.2. The van der Waals surface area contributed by atoms with Crippen molar-refractivity contribution in [3.63, 3.8) is 0 Å². The topological polar surface area (TPSA) is 89.9 Å². The van der Waals surface area contributed by atoms with E-state index in [1.807, 2.05) is 49.4 Å². The predicted octanol–water partition coefficient (Wildman–Crippen LogP) is 4.73. The molecule has 1 aliphatic carbocycles. The van der Waals surface area contributed by atoms with Crippen molar-refractivity contribution in [2.24, 2.45) is 0 Å². The van der Waals surface area contributed by atoms with Crippen molar-refractivity contribution in [2.45, 2.75) is 32.2 Å². The van der Waals surface area contributed by atoms with Crippen LogP contribution >= 0.6 is 0 Å². The first kappa shape index (κ1) is 21.7. The molecule has 1 fully saturated rings. The first-order valence-electron chi connectivity index (χ1n) is 11.3. The van der Waals surface area contributed by atoms with Gasteiger partial charge < -0.3 is 10.1 Å². The summed E-state index contributed by atoms with van der Waals surface area (Å²) in [7, 11) is 1.66. The van der Waals surface area contributed by atoms with Gasteiger partial charge in [-0.05, 0) is 61.7 Å². The molecule has 0 aromatic carbocycles. The lowest BCUT2D eigenvalue weighted by Gasteiger charge is -2.13. The number of aromatic nitrogens is 4. The molecule has 0 saturated heterocycles. The van der Waals surface area contributed by atoms with Gasteiger partial charge in [0.25, 0.3) is 5.91 Å². The monoisotopic (exact) mass is 451 g/mol. The van der Waals surface area contributed by atoms with Gasteiger partial charge in [0.15, 0.2) is 0 Å². The highest BCUT2D eigenvalue weighted by Gasteiger charge is 2.28. The molecule has 0 aliphatic heterocycles. The zero-order chi connectivity index (χ0) is 23.5. The molecule has 7 nitrogen and oxygen atoms in total. The van der Waals surface area contributed by atoms with Gasteiger partial charge in [-0.2, -0.15) is 0 Å². The second-order valence-electron chi connectivity index (χ2n) is 8.43. The number of amides is 1. The van der Waals surface area contributed by atoms with Crippen LogP contribution in [0, 0.1) is 6.92 Å². The Bertz CT molecular complexity index is 1340. The zero-order valence-electron chi connectivity index (χ0n) is 19.2. The van der Waals surface area contributed by atoms with Gasteiger partial charge in [0, 0.05) is 41.8 Å². The molecule has 4 heterocycles. The maximum absolute atomic E-state index is 13.4. The number of ether oxygens (including phenoxy) is 1. The Labute approximate surface area is 198 Å². The van der Waals surface area contributed by atoms with Crippen LogP contribution in [0.4, 0.5) is 0 Å². The third-order valence-electron chi connectivity index (χ3n) is 5.81. The van der Waals surface area contributed by atoms with Gasteiger partial charge in [-0.15, -0.1) is 0 Å². The van der Waals surface area contributed by atoms with E-state index in [1.54, 1.807) is 31.9 Å². The van der Waals surface area contributed by atoms with Crippen molar-refractivity contribution in [1.29, 1.82) is 0 Å². The summed E-state index contributed by atoms with van der Waals surface area (Å²) in [5.74, 6) is 1.02. The number of carbonyl (C=O) groups is 1. The van der Waals surface area contributed by atoms with Gasteiger partial charge in [0.1, 0.15) is 11.4 Å². The number of methoxy groups -OCH3 is 1. The molecular formula is C27H25N5O2. The van der Waals surface area contributed by atoms with Gasteiger partial charge >= 0.3 is 0 Å². The predicted molar refractivity (Wildman–Crippen MR) is 129 cm³/mol. The standard InChI is InChI=1S/C27H25N5O2/c1-17-11-19(14-28-13-17)20-12-22(26(30-15-20)23-5-3-4-10-29-23)27(33)31-16-21-8-9-24(34-2)25(32-21)18-6-7-18/h3-5,8-15,18H,6-7,16H2,1-2H3,(H,31,33). The molecule has 5 rings (SSSR count). The van der Waals surface area contributed by atoms with Gasteiger partial charge in [-0.25, -0.2) is 0 Å². The number of rotatable bonds is 7. The molecule has 1 aliphatic rings. The number of carbonyl (C=O) groups excluding carboxylic acids is 1. The van der Waals surface area contributed by atoms with E-state index in [0.29, 0.717) is 29.4 Å². The molecule has 0 bridgehead atoms. The summed E-state index contributed by atoms with van der Waals surface area (Å²) < 4.78 is 5.45. The average molecular weight is 452 g/mol. The summed E-state index contributed by atoms with van der Waals surface area (Å²) in [6.45, 7) is 2.29. The summed E-state index contributed by atoms with van der Waals surface area (Å²) in [5, 5.41) is 3.01. The van der Waals surface area contributed by atoms with Crippen LogP contribution in [0.1, 0.15) is 46.1 Å². The fourth-order valence-electron chi connectivity index (χ4n) is 3.91. The SMILES string of the molecule is COc1ccc(CNC(=O)c2cc(-c3cncc(C)c3)cnc2-c2ccccn2)nc1C1CC1. The van der Waals surface area contributed by atoms with Gasteiger partial charge in [0.05, 0.1) is 36.3 Å². The van der Waals surface area contributed by atoms with Crippen molar-refractivity contribution in [3.8, 4) is 28.3 Å². The Morgan fingerprint density at radius 3 is 2.65 bits per heavy atom. The molecule has 0 atom stereocenters. The molecule has 0 spiro atoms. The van der Waals surface area contributed by atoms with Crippen LogP contribution in [-0.4, -0.2) is 33.0 Å². The number of hydrogen-bond acceptors (Lipinski definition) is 6. The van der Waals surface area contributed by atoms with E-state index in [2.05, 4.69) is 20.3 Å². The second-order valence-corrected chi connectivity index (χ2v) is 8.43. The number of hydrogen-bond donors (Lipinski definition) is 1. The van der Waals surface area contributed by atoms with E-state index in [0.717, 1.165) is 46.7 Å². The van der Waals surface area contributed by atoms with Gasteiger partial charge in [-0.3, -0.25) is 24.7 Å². The van der Waals surface area contributed by atoms with Crippen LogP contribution in [0.25, 0.3) is 22.5 Å². The molecular weight excluding hydrogens is 426 g/mol. The molecule has 1 saturated carbocycles. The molecule has 7 heteroatoms. The van der Waals surface area contributed by atoms with Crippen molar-refractivity contribution in [1.82, 2.24) is 25.3 Å². The number of nitrogens with one attached hydrogen (secondary N) is 1. The Hall–Kier alpha value is -4.13. The third-order valence-corrected chi connectivity index (χ3v) is 5.81. The van der Waals surface area contributed by atoms with E-state index in [9.17, 15) is 4.79 Å². The van der Waals surface area contributed by atoms with Crippen molar-refractivity contribution in [2.75, 3.05) is 7.11 Å². The van der Waals surface area contributed by atoms with E-state index in [-0.39, 0.29) is 5.91 Å². The van der Waals surface area contributed by atoms with Crippen molar-refractivity contribution in [3.05, 3.63) is 89.8 Å². The molecule has 4 aromatic heterocycles. The maximum atomic E-state index is 13.4. The summed E-state index contributed by atoms with van der Waals surface area (Å²) in [4.78, 5) is 31.4. The smallest absolute Gasteiger partial charge is 0.253 e. The fraction of sp³-hybridized carbons (Fsp3) is 0.222. The Morgan fingerprint density at radius 2 is 1.91 bits per heavy atom. The van der Waals surface area contributed by atoms with E-state index in [1.165, 1.54) is 0 Å². The lowest BCUT2D eigenvalue weighted by molar-refractivity contribution is 0.0950. The van der Waals surface area contributed by atoms with Crippen LogP contribution in [0.3, 0.4) is 0 Å². The molecule has 4 aromatic rings. The maximum Gasteiger partial charge on any atom is 0.253 e. The summed E-state index contributed by atoms with van der Waals surface area (Å²) in [6.07, 6.45) is 9.26. The van der Waals surface area contributed by atoms with Crippen molar-refractivity contribution >= 4 is 5.91 Å². The molecule has 1 N–H and O–H groups in total. The largest absolute Gasteiger partial charge is 0.495 e. The molecule has 0 radical (unpaired) electrons. The van der Waals surface area contributed by atoms with Gasteiger partial charge in [-0.1, -0.05) is 6.07 Å². The molecule has 0 unspecified atom stereocenters. The van der Waals surface area contributed by atoms with Crippen LogP contribution in [-0.2, 0) is 6.54 Å². The highest BCUT2D eigenvalue weighted by Crippen LogP contribution is 2.43. The van der Waals surface area contributed by atoms with Crippen LogP contribution in [0.2, 0.25) is 0 Å². The van der Waals surface area contributed by atoms with Crippen molar-refractivity contribution < 1.29 is 9.53 Å². The van der Waals surface area contributed by atoms with Gasteiger partial charge in [0.2, 0.25) is 0 Å². The first-order chi connectivity index (χ1) is 16.6. The van der Waals surface area contributed by atoms with E-state index >= 15 is 0 Å². The normalized spacial score (nSPS) is 12.9. The van der Waals surface area contributed by atoms with E-state index < -0.39 is 0 Å². The minimum atomic E-state index is -0.235. The second kappa shape index (κ2) is 9.39. The van der Waals surface area contributed by atoms with Crippen LogP contribution in [0.15, 0.2) is 67.3 Å². The minimum Gasteiger partial charge on any atom is -0.495 e. The van der Waals surface area contributed by atoms with Crippen LogP contribution in [0.5, 0.6) is 5.75 Å². The quantitative estimate of drug-likeness (QED) is 0.437. The lowest BCUT2D eigenvalue weighted by Crippen LogP contribution is -2.24. The highest BCUT2D eigenvalue weighted by atomic mass is 16.5. The number of nitrogens with zero attached hydrogens (tertiary/aromatic N) is 4. The van der Waals surface area contributed by atoms with Crippen LogP contribution < -0.4 is 10.1 Å². The molecule has 34 heavy (non-hydrogen) atoms. The average Bonchev–Trinajstić information content (AvgIpc) is 3.73. The highest BCUT2D eigenvalue weighted by molar-refractivity contribution is 6.00. The Morgan fingerprint density at radius 1 is 1.06 bits per heavy atom. The third kappa shape index (κ3) is 4.64. The fourth-order valence-corrected chi connectivity index (χ4v) is 3.91.